The molecule has 0 unspecified atom stereocenters. The molecule has 29 heavy (non-hydrogen) atoms. The predicted molar refractivity (Wildman–Crippen MR) is 108 cm³/mol. The summed E-state index contributed by atoms with van der Waals surface area (Å²) in [5.74, 6) is -1.57. The van der Waals surface area contributed by atoms with Crippen molar-refractivity contribution >= 4 is 27.7 Å². The van der Waals surface area contributed by atoms with Crippen molar-refractivity contribution in [1.82, 2.24) is 9.21 Å². The van der Waals surface area contributed by atoms with Crippen molar-refractivity contribution in [2.75, 3.05) is 31.9 Å². The van der Waals surface area contributed by atoms with Gasteiger partial charge in [-0.15, -0.1) is 11.8 Å². The van der Waals surface area contributed by atoms with E-state index >= 15 is 0 Å². The Bertz CT molecular complexity index is 1020. The van der Waals surface area contributed by atoms with Gasteiger partial charge in [0.2, 0.25) is 15.9 Å². The van der Waals surface area contributed by atoms with Gasteiger partial charge in [0.25, 0.3) is 0 Å². The van der Waals surface area contributed by atoms with Gasteiger partial charge in [-0.3, -0.25) is 4.79 Å². The Morgan fingerprint density at radius 1 is 1.00 bits per heavy atom. The van der Waals surface area contributed by atoms with Crippen LogP contribution in [0.4, 0.5) is 8.78 Å². The highest BCUT2D eigenvalue weighted by molar-refractivity contribution is 8.00. The molecule has 5 nitrogen and oxygen atoms in total. The molecule has 2 aromatic rings. The third kappa shape index (κ3) is 4.96. The zero-order valence-electron chi connectivity index (χ0n) is 16.2. The molecule has 0 aliphatic carbocycles. The van der Waals surface area contributed by atoms with Gasteiger partial charge in [0.1, 0.15) is 11.6 Å². The topological polar surface area (TPSA) is 57.7 Å². The molecule has 2 aromatic carbocycles. The summed E-state index contributed by atoms with van der Waals surface area (Å²) in [4.78, 5) is 14.4. The molecule has 1 aliphatic heterocycles. The fourth-order valence-electron chi connectivity index (χ4n) is 3.02. The normalized spacial score (nSPS) is 15.5. The summed E-state index contributed by atoms with van der Waals surface area (Å²) in [7, 11) is -3.61. The lowest BCUT2D eigenvalue weighted by Gasteiger charge is -2.34. The van der Waals surface area contributed by atoms with E-state index in [1.165, 1.54) is 10.4 Å². The monoisotopic (exact) mass is 440 g/mol. The summed E-state index contributed by atoms with van der Waals surface area (Å²) in [5, 5.41) is 0. The molecule has 3 rings (SSSR count). The van der Waals surface area contributed by atoms with Crippen LogP contribution < -0.4 is 0 Å². The molecule has 0 atom stereocenters. The minimum absolute atomic E-state index is 0.00641. The Kier molecular flexibility index (Phi) is 6.60. The molecule has 1 aliphatic rings. The number of nitrogens with zero attached hydrogens (tertiary/aromatic N) is 2. The molecule has 0 bridgehead atoms. The molecule has 0 saturated carbocycles. The van der Waals surface area contributed by atoms with Crippen molar-refractivity contribution in [3.05, 3.63) is 59.2 Å². The van der Waals surface area contributed by atoms with Gasteiger partial charge in [0, 0.05) is 37.1 Å². The van der Waals surface area contributed by atoms with Crippen molar-refractivity contribution < 1.29 is 22.0 Å². The van der Waals surface area contributed by atoms with Crippen molar-refractivity contribution in [3.63, 3.8) is 0 Å². The van der Waals surface area contributed by atoms with Gasteiger partial charge in [-0.05, 0) is 49.2 Å². The molecule has 0 radical (unpaired) electrons. The number of benzene rings is 2. The highest BCUT2D eigenvalue weighted by Crippen LogP contribution is 2.24. The number of sulfonamides is 1. The van der Waals surface area contributed by atoms with Gasteiger partial charge >= 0.3 is 0 Å². The third-order valence-electron chi connectivity index (χ3n) is 4.95. The van der Waals surface area contributed by atoms with Gasteiger partial charge in [-0.2, -0.15) is 4.31 Å². The minimum atomic E-state index is -3.61. The van der Waals surface area contributed by atoms with E-state index < -0.39 is 21.7 Å². The fraction of sp³-hybridized carbons (Fsp3) is 0.350. The first-order valence-corrected chi connectivity index (χ1v) is 11.5. The quantitative estimate of drug-likeness (QED) is 0.670. The highest BCUT2D eigenvalue weighted by Gasteiger charge is 2.30. The minimum Gasteiger partial charge on any atom is -0.339 e. The van der Waals surface area contributed by atoms with Crippen LogP contribution in [0.2, 0.25) is 0 Å². The van der Waals surface area contributed by atoms with Crippen LogP contribution in [0.3, 0.4) is 0 Å². The second-order valence-electron chi connectivity index (χ2n) is 6.89. The fourth-order valence-corrected chi connectivity index (χ4v) is 5.35. The lowest BCUT2D eigenvalue weighted by molar-refractivity contribution is -0.129. The van der Waals surface area contributed by atoms with Gasteiger partial charge in [-0.1, -0.05) is 6.07 Å². The first-order chi connectivity index (χ1) is 13.7. The third-order valence-corrected chi connectivity index (χ3v) is 7.88. The molecule has 0 spiro atoms. The first kappa shape index (κ1) is 21.7. The van der Waals surface area contributed by atoms with Crippen LogP contribution in [0.1, 0.15) is 11.1 Å². The summed E-state index contributed by atoms with van der Waals surface area (Å²) in [5.41, 5.74) is 1.93. The van der Waals surface area contributed by atoms with Crippen LogP contribution in [0.5, 0.6) is 0 Å². The van der Waals surface area contributed by atoms with E-state index in [4.69, 9.17) is 0 Å². The molecule has 156 valence electrons. The Hall–Kier alpha value is -1.97. The lowest BCUT2D eigenvalue weighted by atomic mass is 10.1. The highest BCUT2D eigenvalue weighted by atomic mass is 32.2. The number of halogens is 2. The first-order valence-electron chi connectivity index (χ1n) is 9.11. The molecule has 1 amide bonds. The van der Waals surface area contributed by atoms with Crippen LogP contribution in [0.15, 0.2) is 46.2 Å². The number of amides is 1. The summed E-state index contributed by atoms with van der Waals surface area (Å²) in [6, 6.07) is 8.28. The van der Waals surface area contributed by atoms with Crippen molar-refractivity contribution in [2.45, 2.75) is 23.6 Å². The smallest absolute Gasteiger partial charge is 0.243 e. The van der Waals surface area contributed by atoms with E-state index in [2.05, 4.69) is 0 Å². The Morgan fingerprint density at radius 3 is 2.31 bits per heavy atom. The maximum Gasteiger partial charge on any atom is 0.243 e. The SMILES string of the molecule is Cc1ccc(S(=O)(=O)N2CCN(C(=O)CSc3ccc(F)cc3F)CC2)cc1C. The van der Waals surface area contributed by atoms with Crippen LogP contribution in [0.25, 0.3) is 0 Å². The number of piperazine rings is 1. The molecule has 1 fully saturated rings. The summed E-state index contributed by atoms with van der Waals surface area (Å²) in [6.07, 6.45) is 0. The van der Waals surface area contributed by atoms with Gasteiger partial charge < -0.3 is 4.90 Å². The van der Waals surface area contributed by atoms with E-state index in [-0.39, 0.29) is 47.6 Å². The average molecular weight is 441 g/mol. The Morgan fingerprint density at radius 2 is 1.69 bits per heavy atom. The number of rotatable bonds is 5. The maximum absolute atomic E-state index is 13.7. The molecule has 1 heterocycles. The number of hydrogen-bond acceptors (Lipinski definition) is 4. The summed E-state index contributed by atoms with van der Waals surface area (Å²) >= 11 is 0.999. The van der Waals surface area contributed by atoms with E-state index in [1.54, 1.807) is 23.1 Å². The lowest BCUT2D eigenvalue weighted by Crippen LogP contribution is -2.51. The molecule has 9 heteroatoms. The number of carbonyl (C=O) groups is 1. The van der Waals surface area contributed by atoms with E-state index in [1.807, 2.05) is 13.8 Å². The van der Waals surface area contributed by atoms with Crippen molar-refractivity contribution in [2.24, 2.45) is 0 Å². The molecule has 0 N–H and O–H groups in total. The van der Waals surface area contributed by atoms with Gasteiger partial charge in [-0.25, -0.2) is 17.2 Å². The van der Waals surface area contributed by atoms with Crippen LogP contribution >= 0.6 is 11.8 Å². The van der Waals surface area contributed by atoms with Gasteiger partial charge in [0.15, 0.2) is 0 Å². The van der Waals surface area contributed by atoms with E-state index in [0.29, 0.717) is 0 Å². The van der Waals surface area contributed by atoms with E-state index in [9.17, 15) is 22.0 Å². The van der Waals surface area contributed by atoms with Crippen LogP contribution in [0, 0.1) is 25.5 Å². The standard InChI is InChI=1S/C20H22F2N2O3S2/c1-14-3-5-17(11-15(14)2)29(26,27)24-9-7-23(8-10-24)20(25)13-28-19-6-4-16(21)12-18(19)22/h3-6,11-12H,7-10,13H2,1-2H3. The van der Waals surface area contributed by atoms with Gasteiger partial charge in [0.05, 0.1) is 10.6 Å². The van der Waals surface area contributed by atoms with E-state index in [0.717, 1.165) is 35.0 Å². The van der Waals surface area contributed by atoms with Crippen molar-refractivity contribution in [1.29, 1.82) is 0 Å². The maximum atomic E-state index is 13.7. The van der Waals surface area contributed by atoms with Crippen LogP contribution in [-0.4, -0.2) is 55.5 Å². The average Bonchev–Trinajstić information content (AvgIpc) is 2.69. The second-order valence-corrected chi connectivity index (χ2v) is 9.85. The summed E-state index contributed by atoms with van der Waals surface area (Å²) in [6.45, 7) is 4.75. The Balaban J connectivity index is 1.58. The zero-order valence-corrected chi connectivity index (χ0v) is 17.8. The number of carbonyl (C=O) groups excluding carboxylic acids is 1. The molecular formula is C20H22F2N2O3S2. The van der Waals surface area contributed by atoms with Crippen molar-refractivity contribution in [3.8, 4) is 0 Å². The molecular weight excluding hydrogens is 418 g/mol. The molecule has 0 aromatic heterocycles. The summed E-state index contributed by atoms with van der Waals surface area (Å²) < 4.78 is 53.7. The Labute approximate surface area is 173 Å². The van der Waals surface area contributed by atoms with Crippen LogP contribution in [-0.2, 0) is 14.8 Å². The number of thioether (sulfide) groups is 1. The second kappa shape index (κ2) is 8.81. The zero-order chi connectivity index (χ0) is 21.2. The predicted octanol–water partition coefficient (Wildman–Crippen LogP) is 3.21. The number of aryl methyl sites for hydroxylation is 2. The largest absolute Gasteiger partial charge is 0.339 e. The number of hydrogen-bond donors (Lipinski definition) is 0. The molecule has 1 saturated heterocycles.